The molecule has 2 N–H and O–H groups in total. The van der Waals surface area contributed by atoms with Crippen molar-refractivity contribution in [2.75, 3.05) is 12.3 Å². The van der Waals surface area contributed by atoms with E-state index in [0.29, 0.717) is 12.3 Å². The normalized spacial score (nSPS) is 16.1. The molecule has 2 nitrogen and oxygen atoms in total. The van der Waals surface area contributed by atoms with Gasteiger partial charge in [0, 0.05) is 22.6 Å². The van der Waals surface area contributed by atoms with E-state index >= 15 is 0 Å². The molecule has 0 heterocycles. The Morgan fingerprint density at radius 1 is 1.89 bits per heavy atom. The highest BCUT2D eigenvalue weighted by molar-refractivity contribution is 7.85. The number of terminal acetylenes is 1. The molecule has 0 radical (unpaired) electrons. The van der Waals surface area contributed by atoms with Gasteiger partial charge in [-0.25, -0.2) is 0 Å². The van der Waals surface area contributed by atoms with E-state index in [1.54, 1.807) is 0 Å². The van der Waals surface area contributed by atoms with Crippen molar-refractivity contribution in [1.29, 1.82) is 0 Å². The fourth-order valence-corrected chi connectivity index (χ4v) is 0.995. The van der Waals surface area contributed by atoms with Crippen molar-refractivity contribution in [2.45, 2.75) is 12.2 Å². The van der Waals surface area contributed by atoms with Crippen LogP contribution in [-0.2, 0) is 10.8 Å². The van der Waals surface area contributed by atoms with Gasteiger partial charge in [-0.05, 0) is 6.92 Å². The minimum absolute atomic E-state index is 0.0287. The van der Waals surface area contributed by atoms with Gasteiger partial charge in [-0.3, -0.25) is 4.21 Å². The molecule has 0 aromatic carbocycles. The molecule has 2 unspecified atom stereocenters. The van der Waals surface area contributed by atoms with Gasteiger partial charge in [0.1, 0.15) is 0 Å². The summed E-state index contributed by atoms with van der Waals surface area (Å²) in [5.41, 5.74) is 5.24. The van der Waals surface area contributed by atoms with Gasteiger partial charge in [0.25, 0.3) is 0 Å². The van der Waals surface area contributed by atoms with E-state index in [2.05, 4.69) is 5.92 Å². The summed E-state index contributed by atoms with van der Waals surface area (Å²) >= 11 is 0. The van der Waals surface area contributed by atoms with Gasteiger partial charge in [-0.15, -0.1) is 6.42 Å². The molecule has 0 aliphatic carbocycles. The predicted molar refractivity (Wildman–Crippen MR) is 40.4 cm³/mol. The summed E-state index contributed by atoms with van der Waals surface area (Å²) in [7, 11) is -0.926. The first-order valence-corrected chi connectivity index (χ1v) is 4.11. The monoisotopic (exact) mass is 145 g/mol. The largest absolute Gasteiger partial charge is 0.329 e. The Kier molecular flexibility index (Phi) is 4.37. The molecule has 0 rings (SSSR count). The molecule has 0 fully saturated rings. The molecular formula is C6H11NOS. The summed E-state index contributed by atoms with van der Waals surface area (Å²) in [6.07, 6.45) is 4.94. The van der Waals surface area contributed by atoms with E-state index in [-0.39, 0.29) is 5.25 Å². The lowest BCUT2D eigenvalue weighted by molar-refractivity contribution is 0.676. The van der Waals surface area contributed by atoms with Crippen LogP contribution in [0.25, 0.3) is 0 Å². The highest BCUT2D eigenvalue weighted by Gasteiger charge is 2.05. The molecule has 9 heavy (non-hydrogen) atoms. The molecular weight excluding hydrogens is 134 g/mol. The van der Waals surface area contributed by atoms with Crippen LogP contribution in [0.3, 0.4) is 0 Å². The molecule has 0 aliphatic rings. The Morgan fingerprint density at radius 2 is 2.44 bits per heavy atom. The van der Waals surface area contributed by atoms with E-state index in [0.717, 1.165) is 0 Å². The van der Waals surface area contributed by atoms with Gasteiger partial charge in [0.05, 0.1) is 5.75 Å². The fourth-order valence-electron chi connectivity index (χ4n) is 0.332. The van der Waals surface area contributed by atoms with E-state index < -0.39 is 10.8 Å². The third kappa shape index (κ3) is 3.28. The maximum absolute atomic E-state index is 10.9. The smallest absolute Gasteiger partial charge is 0.0847 e. The molecule has 0 spiro atoms. The Bertz CT molecular complexity index is 138. The van der Waals surface area contributed by atoms with Crippen LogP contribution in [0.4, 0.5) is 0 Å². The first-order valence-electron chi connectivity index (χ1n) is 2.73. The molecule has 0 saturated heterocycles. The molecule has 3 heteroatoms. The second kappa shape index (κ2) is 4.54. The Hall–Kier alpha value is -0.330. The lowest BCUT2D eigenvalue weighted by Crippen LogP contribution is -2.23. The third-order valence-electron chi connectivity index (χ3n) is 1.01. The molecule has 0 bridgehead atoms. The zero-order chi connectivity index (χ0) is 7.28. The van der Waals surface area contributed by atoms with Crippen LogP contribution in [-0.4, -0.2) is 21.8 Å². The third-order valence-corrected chi connectivity index (χ3v) is 2.55. The minimum Gasteiger partial charge on any atom is -0.329 e. The van der Waals surface area contributed by atoms with Crippen molar-refractivity contribution >= 4 is 10.8 Å². The second-order valence-electron chi connectivity index (χ2n) is 1.78. The van der Waals surface area contributed by atoms with E-state index in [9.17, 15) is 4.21 Å². The molecule has 0 aromatic heterocycles. The van der Waals surface area contributed by atoms with Crippen LogP contribution in [0.1, 0.15) is 6.92 Å². The van der Waals surface area contributed by atoms with Crippen LogP contribution in [0.15, 0.2) is 0 Å². The summed E-state index contributed by atoms with van der Waals surface area (Å²) < 4.78 is 10.9. The number of hydrogen-bond donors (Lipinski definition) is 1. The van der Waals surface area contributed by atoms with Gasteiger partial charge in [-0.1, -0.05) is 5.92 Å². The maximum Gasteiger partial charge on any atom is 0.0847 e. The summed E-state index contributed by atoms with van der Waals surface area (Å²) in [6.45, 7) is 2.27. The summed E-state index contributed by atoms with van der Waals surface area (Å²) in [5.74, 6) is 2.64. The van der Waals surface area contributed by atoms with Crippen molar-refractivity contribution in [3.8, 4) is 12.3 Å². The average molecular weight is 145 g/mol. The standard InChI is InChI=1S/C6H11NOS/c1-3-4-9(8)6(2)5-7/h1,6H,4-5,7H2,2H3. The van der Waals surface area contributed by atoms with Crippen LogP contribution in [0.5, 0.6) is 0 Å². The molecule has 2 atom stereocenters. The van der Waals surface area contributed by atoms with Gasteiger partial charge in [0.15, 0.2) is 0 Å². The summed E-state index contributed by atoms with van der Waals surface area (Å²) in [5, 5.41) is 0.0287. The highest BCUT2D eigenvalue weighted by atomic mass is 32.2. The SMILES string of the molecule is C#CCS(=O)C(C)CN. The zero-order valence-electron chi connectivity index (χ0n) is 5.46. The number of nitrogens with two attached hydrogens (primary N) is 1. The van der Waals surface area contributed by atoms with Gasteiger partial charge >= 0.3 is 0 Å². The van der Waals surface area contributed by atoms with Crippen molar-refractivity contribution < 1.29 is 4.21 Å². The molecule has 0 saturated carbocycles. The first kappa shape index (κ1) is 8.67. The summed E-state index contributed by atoms with van der Waals surface area (Å²) in [4.78, 5) is 0. The molecule has 0 aromatic rings. The Balaban J connectivity index is 3.62. The molecule has 0 aliphatic heterocycles. The van der Waals surface area contributed by atoms with Gasteiger partial charge < -0.3 is 5.73 Å². The maximum atomic E-state index is 10.9. The van der Waals surface area contributed by atoms with E-state index in [1.165, 1.54) is 0 Å². The first-order chi connectivity index (χ1) is 4.22. The molecule has 0 amide bonds. The minimum atomic E-state index is -0.926. The second-order valence-corrected chi connectivity index (χ2v) is 3.63. The van der Waals surface area contributed by atoms with Gasteiger partial charge in [-0.2, -0.15) is 0 Å². The average Bonchev–Trinajstić information content (AvgIpc) is 1.87. The van der Waals surface area contributed by atoms with Crippen LogP contribution >= 0.6 is 0 Å². The van der Waals surface area contributed by atoms with Gasteiger partial charge in [0.2, 0.25) is 0 Å². The van der Waals surface area contributed by atoms with Crippen molar-refractivity contribution in [1.82, 2.24) is 0 Å². The summed E-state index contributed by atoms with van der Waals surface area (Å²) in [6, 6.07) is 0. The lowest BCUT2D eigenvalue weighted by atomic mass is 10.5. The lowest BCUT2D eigenvalue weighted by Gasteiger charge is -2.03. The molecule has 52 valence electrons. The zero-order valence-corrected chi connectivity index (χ0v) is 6.28. The topological polar surface area (TPSA) is 43.1 Å². The number of hydrogen-bond acceptors (Lipinski definition) is 2. The van der Waals surface area contributed by atoms with Crippen LogP contribution < -0.4 is 5.73 Å². The van der Waals surface area contributed by atoms with Crippen molar-refractivity contribution in [2.24, 2.45) is 5.73 Å². The quantitative estimate of drug-likeness (QED) is 0.555. The van der Waals surface area contributed by atoms with Crippen molar-refractivity contribution in [3.63, 3.8) is 0 Å². The van der Waals surface area contributed by atoms with Crippen molar-refractivity contribution in [3.05, 3.63) is 0 Å². The Morgan fingerprint density at radius 3 is 2.78 bits per heavy atom. The van der Waals surface area contributed by atoms with Crippen LogP contribution in [0.2, 0.25) is 0 Å². The number of rotatable bonds is 3. The fraction of sp³-hybridized carbons (Fsp3) is 0.667. The predicted octanol–water partition coefficient (Wildman–Crippen LogP) is -0.285. The Labute approximate surface area is 58.3 Å². The highest BCUT2D eigenvalue weighted by Crippen LogP contribution is 1.91. The van der Waals surface area contributed by atoms with Crippen LogP contribution in [0, 0.1) is 12.3 Å². The van der Waals surface area contributed by atoms with E-state index in [4.69, 9.17) is 12.2 Å². The van der Waals surface area contributed by atoms with E-state index in [1.807, 2.05) is 6.92 Å².